The van der Waals surface area contributed by atoms with Gasteiger partial charge in [-0.3, -0.25) is 9.89 Å². The van der Waals surface area contributed by atoms with Crippen LogP contribution in [-0.2, 0) is 11.2 Å². The zero-order valence-electron chi connectivity index (χ0n) is 15.4. The van der Waals surface area contributed by atoms with Crippen molar-refractivity contribution in [2.24, 2.45) is 5.92 Å². The molecule has 140 valence electrons. The Bertz CT molecular complexity index is 731. The Morgan fingerprint density at radius 1 is 1.38 bits per heavy atom. The van der Waals surface area contributed by atoms with E-state index in [1.165, 1.54) is 0 Å². The smallest absolute Gasteiger partial charge is 0.223 e. The van der Waals surface area contributed by atoms with E-state index in [-0.39, 0.29) is 5.91 Å². The molecule has 1 aromatic carbocycles. The number of methoxy groups -OCH3 is 1. The van der Waals surface area contributed by atoms with Crippen LogP contribution < -0.4 is 9.47 Å². The van der Waals surface area contributed by atoms with Crippen molar-refractivity contribution in [3.05, 3.63) is 35.9 Å². The summed E-state index contributed by atoms with van der Waals surface area (Å²) in [6, 6.07) is 7.61. The average Bonchev–Trinajstić information content (AvgIpc) is 3.10. The average molecular weight is 358 g/mol. The molecule has 0 radical (unpaired) electrons. The van der Waals surface area contributed by atoms with Gasteiger partial charge in [0.05, 0.1) is 13.7 Å². The quantitative estimate of drug-likeness (QED) is 0.822. The number of aromatic amines is 1. The second-order valence-corrected chi connectivity index (χ2v) is 6.68. The van der Waals surface area contributed by atoms with Gasteiger partial charge in [-0.05, 0) is 31.9 Å². The third-order valence-corrected chi connectivity index (χ3v) is 4.60. The van der Waals surface area contributed by atoms with Gasteiger partial charge in [-0.25, -0.2) is 4.98 Å². The van der Waals surface area contributed by atoms with Gasteiger partial charge in [0.25, 0.3) is 0 Å². The van der Waals surface area contributed by atoms with E-state index < -0.39 is 0 Å². The van der Waals surface area contributed by atoms with Crippen LogP contribution in [0.25, 0.3) is 0 Å². The molecule has 1 aliphatic heterocycles. The van der Waals surface area contributed by atoms with Crippen LogP contribution in [-0.4, -0.2) is 52.8 Å². The summed E-state index contributed by atoms with van der Waals surface area (Å²) in [5.74, 6) is 3.58. The van der Waals surface area contributed by atoms with Crippen molar-refractivity contribution in [3.63, 3.8) is 0 Å². The van der Waals surface area contributed by atoms with Crippen molar-refractivity contribution < 1.29 is 14.3 Å². The molecule has 1 atom stereocenters. The van der Waals surface area contributed by atoms with Gasteiger partial charge < -0.3 is 14.4 Å². The first-order valence-electron chi connectivity index (χ1n) is 9.06. The number of H-pyrrole nitrogens is 1. The van der Waals surface area contributed by atoms with Crippen molar-refractivity contribution in [2.45, 2.75) is 32.6 Å². The number of benzene rings is 1. The molecule has 7 nitrogen and oxygen atoms in total. The lowest BCUT2D eigenvalue weighted by Gasteiger charge is -2.32. The predicted molar refractivity (Wildman–Crippen MR) is 97.2 cm³/mol. The molecule has 0 spiro atoms. The summed E-state index contributed by atoms with van der Waals surface area (Å²) in [6.45, 7) is 4.03. The zero-order chi connectivity index (χ0) is 18.4. The number of rotatable bonds is 7. The van der Waals surface area contributed by atoms with E-state index in [0.717, 1.165) is 43.3 Å². The summed E-state index contributed by atoms with van der Waals surface area (Å²) in [4.78, 5) is 18.7. The first kappa shape index (κ1) is 18.2. The fourth-order valence-electron chi connectivity index (χ4n) is 3.21. The van der Waals surface area contributed by atoms with E-state index in [1.807, 2.05) is 36.1 Å². The lowest BCUT2D eigenvalue weighted by Crippen LogP contribution is -2.41. The molecule has 2 heterocycles. The second-order valence-electron chi connectivity index (χ2n) is 6.68. The van der Waals surface area contributed by atoms with Crippen LogP contribution in [0.1, 0.15) is 30.9 Å². The summed E-state index contributed by atoms with van der Waals surface area (Å²) in [5, 5.41) is 6.90. The van der Waals surface area contributed by atoms with E-state index in [1.54, 1.807) is 7.11 Å². The molecule has 1 amide bonds. The highest BCUT2D eigenvalue weighted by Gasteiger charge is 2.24. The van der Waals surface area contributed by atoms with Crippen LogP contribution in [0, 0.1) is 12.8 Å². The normalized spacial score (nSPS) is 17.2. The van der Waals surface area contributed by atoms with E-state index in [0.29, 0.717) is 31.2 Å². The Balaban J connectivity index is 1.46. The molecule has 26 heavy (non-hydrogen) atoms. The number of likely N-dealkylation sites (tertiary alicyclic amines) is 1. The lowest BCUT2D eigenvalue weighted by molar-refractivity contribution is -0.133. The Kier molecular flexibility index (Phi) is 6.09. The Morgan fingerprint density at radius 3 is 3.00 bits per heavy atom. The molecule has 2 aromatic rings. The van der Waals surface area contributed by atoms with Crippen LogP contribution in [0.5, 0.6) is 11.5 Å². The highest BCUT2D eigenvalue weighted by Crippen LogP contribution is 2.22. The fraction of sp³-hybridized carbons (Fsp3) is 0.526. The maximum atomic E-state index is 12.5. The number of aryl methyl sites for hydroxylation is 2. The largest absolute Gasteiger partial charge is 0.497 e. The molecular formula is C19H26N4O3. The maximum Gasteiger partial charge on any atom is 0.223 e. The number of ether oxygens (including phenoxy) is 2. The number of carbonyl (C=O) groups excluding carboxylic acids is 1. The predicted octanol–water partition coefficient (Wildman–Crippen LogP) is 2.37. The number of nitrogens with zero attached hydrogens (tertiary/aromatic N) is 3. The Labute approximate surface area is 153 Å². The topological polar surface area (TPSA) is 80.3 Å². The Hall–Kier alpha value is -2.57. The SMILES string of the molecule is COc1cccc(OC[C@@H]2CCCN(C(=O)CCc3n[nH]c(C)n3)C2)c1. The third kappa shape index (κ3) is 4.97. The van der Waals surface area contributed by atoms with Gasteiger partial charge in [-0.1, -0.05) is 6.07 Å². The number of carbonyl (C=O) groups is 1. The van der Waals surface area contributed by atoms with Gasteiger partial charge >= 0.3 is 0 Å². The number of hydrogen-bond donors (Lipinski definition) is 1. The minimum Gasteiger partial charge on any atom is -0.497 e. The minimum absolute atomic E-state index is 0.165. The summed E-state index contributed by atoms with van der Waals surface area (Å²) in [7, 11) is 1.64. The van der Waals surface area contributed by atoms with Gasteiger partial charge in [-0.2, -0.15) is 5.10 Å². The van der Waals surface area contributed by atoms with Crippen LogP contribution in [0.15, 0.2) is 24.3 Å². The molecule has 0 unspecified atom stereocenters. The molecule has 1 fully saturated rings. The Morgan fingerprint density at radius 2 is 2.23 bits per heavy atom. The summed E-state index contributed by atoms with van der Waals surface area (Å²) in [6.07, 6.45) is 3.11. The van der Waals surface area contributed by atoms with Crippen LogP contribution in [0.2, 0.25) is 0 Å². The van der Waals surface area contributed by atoms with Gasteiger partial charge in [0.15, 0.2) is 5.82 Å². The van der Waals surface area contributed by atoms with E-state index in [4.69, 9.17) is 9.47 Å². The van der Waals surface area contributed by atoms with Gasteiger partial charge in [0.1, 0.15) is 17.3 Å². The van der Waals surface area contributed by atoms with Crippen LogP contribution in [0.3, 0.4) is 0 Å². The van der Waals surface area contributed by atoms with Gasteiger partial charge in [0.2, 0.25) is 5.91 Å². The first-order valence-corrected chi connectivity index (χ1v) is 9.06. The highest BCUT2D eigenvalue weighted by molar-refractivity contribution is 5.76. The molecule has 0 bridgehead atoms. The molecule has 3 rings (SSSR count). The number of nitrogens with one attached hydrogen (secondary N) is 1. The molecule has 1 aliphatic rings. The van der Waals surface area contributed by atoms with E-state index in [9.17, 15) is 4.79 Å². The molecule has 0 saturated carbocycles. The number of hydrogen-bond acceptors (Lipinski definition) is 5. The maximum absolute atomic E-state index is 12.5. The number of aromatic nitrogens is 3. The molecule has 0 aliphatic carbocycles. The lowest BCUT2D eigenvalue weighted by atomic mass is 9.98. The molecule has 1 aromatic heterocycles. The van der Waals surface area contributed by atoms with Crippen LogP contribution in [0.4, 0.5) is 0 Å². The standard InChI is InChI=1S/C19H26N4O3/c1-14-20-18(22-21-14)8-9-19(24)23-10-4-5-15(12-23)13-26-17-7-3-6-16(11-17)25-2/h3,6-7,11,15H,4-5,8-10,12-13H2,1-2H3,(H,20,21,22)/t15-/m1/s1. The summed E-state index contributed by atoms with van der Waals surface area (Å²) >= 11 is 0. The third-order valence-electron chi connectivity index (χ3n) is 4.60. The minimum atomic E-state index is 0.165. The van der Waals surface area contributed by atoms with Crippen molar-refractivity contribution in [3.8, 4) is 11.5 Å². The molecule has 1 N–H and O–H groups in total. The summed E-state index contributed by atoms with van der Waals surface area (Å²) in [5.41, 5.74) is 0. The number of piperidine rings is 1. The van der Waals surface area contributed by atoms with Gasteiger partial charge in [0, 0.05) is 37.9 Å². The monoisotopic (exact) mass is 358 g/mol. The number of amides is 1. The van der Waals surface area contributed by atoms with E-state index in [2.05, 4.69) is 15.2 Å². The van der Waals surface area contributed by atoms with Crippen molar-refractivity contribution >= 4 is 5.91 Å². The summed E-state index contributed by atoms with van der Waals surface area (Å²) < 4.78 is 11.1. The highest BCUT2D eigenvalue weighted by atomic mass is 16.5. The first-order chi connectivity index (χ1) is 12.6. The van der Waals surface area contributed by atoms with Crippen molar-refractivity contribution in [2.75, 3.05) is 26.8 Å². The van der Waals surface area contributed by atoms with Crippen LogP contribution >= 0.6 is 0 Å². The van der Waals surface area contributed by atoms with Gasteiger partial charge in [-0.15, -0.1) is 0 Å². The molecular weight excluding hydrogens is 332 g/mol. The molecule has 1 saturated heterocycles. The fourth-order valence-corrected chi connectivity index (χ4v) is 3.21. The van der Waals surface area contributed by atoms with E-state index >= 15 is 0 Å². The zero-order valence-corrected chi connectivity index (χ0v) is 15.4. The van der Waals surface area contributed by atoms with Crippen molar-refractivity contribution in [1.29, 1.82) is 0 Å². The second kappa shape index (κ2) is 8.69. The molecule has 7 heteroatoms. The van der Waals surface area contributed by atoms with Crippen molar-refractivity contribution in [1.82, 2.24) is 20.1 Å².